The van der Waals surface area contributed by atoms with Gasteiger partial charge in [-0.2, -0.15) is 0 Å². The molecule has 6 rings (SSSR count). The number of benzene rings is 1. The molecule has 8 nitrogen and oxygen atoms in total. The lowest BCUT2D eigenvalue weighted by Gasteiger charge is -2.55. The zero-order valence-electron chi connectivity index (χ0n) is 20.9. The average Bonchev–Trinajstić information content (AvgIpc) is 3.27. The Labute approximate surface area is 211 Å². The van der Waals surface area contributed by atoms with E-state index in [0.29, 0.717) is 17.2 Å². The van der Waals surface area contributed by atoms with Crippen LogP contribution in [0.15, 0.2) is 36.8 Å². The van der Waals surface area contributed by atoms with Gasteiger partial charge in [-0.05, 0) is 43.5 Å². The van der Waals surface area contributed by atoms with Crippen LogP contribution in [0.1, 0.15) is 37.1 Å². The maximum absolute atomic E-state index is 13.5. The highest BCUT2D eigenvalue weighted by molar-refractivity contribution is 5.59. The van der Waals surface area contributed by atoms with Gasteiger partial charge in [-0.15, -0.1) is 0 Å². The van der Waals surface area contributed by atoms with Gasteiger partial charge in [0.25, 0.3) is 0 Å². The van der Waals surface area contributed by atoms with Crippen molar-refractivity contribution in [3.63, 3.8) is 0 Å². The van der Waals surface area contributed by atoms with Crippen molar-refractivity contribution < 1.29 is 9.13 Å². The smallest absolute Gasteiger partial charge is 0.137 e. The van der Waals surface area contributed by atoms with Crippen LogP contribution < -0.4 is 10.6 Å². The number of nitrogen functional groups attached to an aromatic ring is 1. The second-order valence-electron chi connectivity index (χ2n) is 10.6. The third-order valence-electron chi connectivity index (χ3n) is 8.01. The highest BCUT2D eigenvalue weighted by Crippen LogP contribution is 2.38. The van der Waals surface area contributed by atoms with Gasteiger partial charge < -0.3 is 24.8 Å². The molecule has 3 saturated heterocycles. The van der Waals surface area contributed by atoms with E-state index >= 15 is 0 Å². The number of nitrogens with zero attached hydrogens (tertiary/aromatic N) is 6. The summed E-state index contributed by atoms with van der Waals surface area (Å²) in [6.45, 7) is 9.88. The number of rotatable bonds is 7. The van der Waals surface area contributed by atoms with Crippen molar-refractivity contribution in [3.05, 3.63) is 54.0 Å². The summed E-state index contributed by atoms with van der Waals surface area (Å²) in [7, 11) is 0. The van der Waals surface area contributed by atoms with Crippen LogP contribution in [0.4, 0.5) is 16.0 Å². The fourth-order valence-electron chi connectivity index (χ4n) is 5.96. The van der Waals surface area contributed by atoms with E-state index in [0.717, 1.165) is 100 Å². The molecule has 0 bridgehead atoms. The fourth-order valence-corrected chi connectivity index (χ4v) is 5.96. The summed E-state index contributed by atoms with van der Waals surface area (Å²) in [5.41, 5.74) is 9.44. The van der Waals surface area contributed by atoms with Gasteiger partial charge in [0, 0.05) is 67.9 Å². The maximum Gasteiger partial charge on any atom is 0.137 e. The molecule has 2 aromatic heterocycles. The van der Waals surface area contributed by atoms with E-state index in [-0.39, 0.29) is 5.82 Å². The first-order chi connectivity index (χ1) is 17.5. The lowest BCUT2D eigenvalue weighted by molar-refractivity contribution is -0.189. The molecule has 0 unspecified atom stereocenters. The summed E-state index contributed by atoms with van der Waals surface area (Å²) in [5.74, 6) is 2.81. The molecular weight excluding hydrogens is 457 g/mol. The molecule has 3 aliphatic heterocycles. The number of anilines is 2. The van der Waals surface area contributed by atoms with Crippen molar-refractivity contribution in [1.82, 2.24) is 24.4 Å². The molecule has 9 heteroatoms. The quantitative estimate of drug-likeness (QED) is 0.543. The molecule has 3 aromatic rings. The first kappa shape index (κ1) is 23.4. The number of hydrogen-bond donors (Lipinski definition) is 1. The largest absolute Gasteiger partial charge is 0.383 e. The van der Waals surface area contributed by atoms with E-state index < -0.39 is 0 Å². The van der Waals surface area contributed by atoms with Crippen LogP contribution >= 0.6 is 0 Å². The Hall–Kier alpha value is -3.04. The molecule has 36 heavy (non-hydrogen) atoms. The van der Waals surface area contributed by atoms with Gasteiger partial charge in [-0.3, -0.25) is 0 Å². The highest BCUT2D eigenvalue weighted by atomic mass is 19.1. The van der Waals surface area contributed by atoms with Crippen LogP contribution in [0.3, 0.4) is 0 Å². The van der Waals surface area contributed by atoms with E-state index in [1.807, 2.05) is 12.1 Å². The monoisotopic (exact) mass is 491 g/mol. The molecule has 0 aliphatic carbocycles. The van der Waals surface area contributed by atoms with E-state index in [4.69, 9.17) is 15.5 Å². The lowest BCUT2D eigenvalue weighted by atomic mass is 9.78. The van der Waals surface area contributed by atoms with Crippen LogP contribution in [-0.4, -0.2) is 70.4 Å². The highest BCUT2D eigenvalue weighted by Gasteiger charge is 2.48. The lowest BCUT2D eigenvalue weighted by Crippen LogP contribution is -2.66. The van der Waals surface area contributed by atoms with Crippen LogP contribution in [0.2, 0.25) is 0 Å². The van der Waals surface area contributed by atoms with E-state index in [1.54, 1.807) is 6.33 Å². The molecule has 1 aromatic carbocycles. The van der Waals surface area contributed by atoms with Crippen molar-refractivity contribution in [2.75, 3.05) is 56.6 Å². The first-order valence-electron chi connectivity index (χ1n) is 13.0. The summed E-state index contributed by atoms with van der Waals surface area (Å²) in [5, 5.41) is 0. The van der Waals surface area contributed by atoms with E-state index in [1.165, 1.54) is 12.1 Å². The summed E-state index contributed by atoms with van der Waals surface area (Å²) < 4.78 is 21.3. The van der Waals surface area contributed by atoms with Gasteiger partial charge in [0.2, 0.25) is 0 Å². The molecule has 1 spiro atoms. The molecule has 0 radical (unpaired) electrons. The SMILES string of the molecule is CCc1c(N)ncnc1N1CCC(c2nc(-c3ccc(F)cc3)cn2CCN2CC3(COC3)C2)CC1. The minimum Gasteiger partial charge on any atom is -0.383 e. The van der Waals surface area contributed by atoms with Crippen LogP contribution in [0, 0.1) is 11.2 Å². The zero-order chi connectivity index (χ0) is 24.7. The van der Waals surface area contributed by atoms with Crippen molar-refractivity contribution in [1.29, 1.82) is 0 Å². The second-order valence-corrected chi connectivity index (χ2v) is 10.6. The Kier molecular flexibility index (Phi) is 6.13. The zero-order valence-corrected chi connectivity index (χ0v) is 20.9. The predicted octanol–water partition coefficient (Wildman–Crippen LogP) is 3.34. The number of imidazole rings is 1. The molecular formula is C27H34FN7O. The molecule has 0 amide bonds. The molecule has 5 heterocycles. The Morgan fingerprint density at radius 3 is 2.50 bits per heavy atom. The van der Waals surface area contributed by atoms with Crippen molar-refractivity contribution in [2.45, 2.75) is 38.6 Å². The third kappa shape index (κ3) is 4.35. The number of hydrogen-bond acceptors (Lipinski definition) is 7. The predicted molar refractivity (Wildman–Crippen MR) is 137 cm³/mol. The minimum absolute atomic E-state index is 0.228. The van der Waals surface area contributed by atoms with Crippen LogP contribution in [-0.2, 0) is 17.7 Å². The van der Waals surface area contributed by atoms with Gasteiger partial charge in [0.05, 0.1) is 18.9 Å². The van der Waals surface area contributed by atoms with Crippen LogP contribution in [0.5, 0.6) is 0 Å². The first-order valence-corrected chi connectivity index (χ1v) is 13.0. The van der Waals surface area contributed by atoms with E-state index in [9.17, 15) is 4.39 Å². The van der Waals surface area contributed by atoms with Gasteiger partial charge >= 0.3 is 0 Å². The third-order valence-corrected chi connectivity index (χ3v) is 8.01. The Morgan fingerprint density at radius 2 is 1.83 bits per heavy atom. The maximum atomic E-state index is 13.5. The molecule has 0 saturated carbocycles. The second kappa shape index (κ2) is 9.44. The minimum atomic E-state index is -0.228. The van der Waals surface area contributed by atoms with Crippen molar-refractivity contribution in [2.24, 2.45) is 5.41 Å². The summed E-state index contributed by atoms with van der Waals surface area (Å²) in [6.07, 6.45) is 6.52. The Bertz CT molecular complexity index is 1210. The van der Waals surface area contributed by atoms with Crippen molar-refractivity contribution in [3.8, 4) is 11.3 Å². The number of ether oxygens (including phenoxy) is 1. The number of halogens is 1. The van der Waals surface area contributed by atoms with Gasteiger partial charge in [0.15, 0.2) is 0 Å². The van der Waals surface area contributed by atoms with Crippen molar-refractivity contribution >= 4 is 11.6 Å². The van der Waals surface area contributed by atoms with Crippen LogP contribution in [0.25, 0.3) is 11.3 Å². The van der Waals surface area contributed by atoms with E-state index in [2.05, 4.69) is 37.5 Å². The topological polar surface area (TPSA) is 85.3 Å². The average molecular weight is 492 g/mol. The summed E-state index contributed by atoms with van der Waals surface area (Å²) in [6, 6.07) is 6.64. The summed E-state index contributed by atoms with van der Waals surface area (Å²) in [4.78, 5) is 18.7. The Morgan fingerprint density at radius 1 is 1.08 bits per heavy atom. The molecule has 2 N–H and O–H groups in total. The normalized spacial score (nSPS) is 19.9. The fraction of sp³-hybridized carbons (Fsp3) is 0.519. The number of piperidine rings is 1. The molecule has 0 atom stereocenters. The number of aromatic nitrogens is 4. The van der Waals surface area contributed by atoms with Gasteiger partial charge in [0.1, 0.15) is 29.6 Å². The summed E-state index contributed by atoms with van der Waals surface area (Å²) >= 11 is 0. The number of likely N-dealkylation sites (tertiary alicyclic amines) is 1. The molecule has 3 fully saturated rings. The van der Waals surface area contributed by atoms with Gasteiger partial charge in [-0.25, -0.2) is 19.3 Å². The Balaban J connectivity index is 1.19. The standard InChI is InChI=1S/C27H34FN7O/c1-2-22-24(29)30-18-31-26(22)34-9-7-20(8-10-34)25-32-23(19-3-5-21(28)6-4-19)13-35(25)12-11-33-14-27(15-33)16-36-17-27/h3-6,13,18,20H,2,7-12,14-17H2,1H3,(H2,29,30,31). The van der Waals surface area contributed by atoms with Gasteiger partial charge in [-0.1, -0.05) is 6.92 Å². The number of nitrogens with two attached hydrogens (primary N) is 1. The molecule has 190 valence electrons. The molecule has 3 aliphatic rings.